The third-order valence-electron chi connectivity index (χ3n) is 2.82. The van der Waals surface area contributed by atoms with Crippen molar-refractivity contribution in [1.29, 1.82) is 0 Å². The Morgan fingerprint density at radius 3 is 2.47 bits per heavy atom. The molecule has 0 amide bonds. The minimum atomic E-state index is 0.242. The lowest BCUT2D eigenvalue weighted by Gasteiger charge is -2.20. The van der Waals surface area contributed by atoms with E-state index in [0.717, 1.165) is 18.8 Å². The largest absolute Gasteiger partial charge is 0.399 e. The highest BCUT2D eigenvalue weighted by molar-refractivity contribution is 5.39. The van der Waals surface area contributed by atoms with Crippen LogP contribution in [-0.4, -0.2) is 29.2 Å². The molecule has 0 aliphatic heterocycles. The van der Waals surface area contributed by atoms with Gasteiger partial charge in [-0.05, 0) is 30.5 Å². The van der Waals surface area contributed by atoms with E-state index in [1.165, 1.54) is 18.4 Å². The molecule has 0 heterocycles. The number of aliphatic hydroxyl groups is 1. The summed E-state index contributed by atoms with van der Waals surface area (Å²) in [4.78, 5) is 2.34. The van der Waals surface area contributed by atoms with E-state index in [1.54, 1.807) is 0 Å². The predicted molar refractivity (Wildman–Crippen MR) is 61.4 cm³/mol. The van der Waals surface area contributed by atoms with Gasteiger partial charge in [0.25, 0.3) is 0 Å². The van der Waals surface area contributed by atoms with E-state index in [1.807, 2.05) is 12.1 Å². The van der Waals surface area contributed by atoms with Crippen LogP contribution in [0.25, 0.3) is 0 Å². The van der Waals surface area contributed by atoms with Crippen LogP contribution in [0.4, 0.5) is 5.69 Å². The van der Waals surface area contributed by atoms with Crippen molar-refractivity contribution in [3.8, 4) is 0 Å². The van der Waals surface area contributed by atoms with Gasteiger partial charge in [-0.1, -0.05) is 12.1 Å². The predicted octanol–water partition coefficient (Wildman–Crippen LogP) is 1.23. The number of aliphatic hydroxyl groups excluding tert-OH is 1. The fourth-order valence-corrected chi connectivity index (χ4v) is 1.82. The molecule has 0 saturated heterocycles. The molecule has 2 rings (SSSR count). The van der Waals surface area contributed by atoms with Crippen LogP contribution >= 0.6 is 0 Å². The van der Waals surface area contributed by atoms with Crippen LogP contribution < -0.4 is 5.73 Å². The van der Waals surface area contributed by atoms with Crippen LogP contribution in [0.1, 0.15) is 18.4 Å². The van der Waals surface area contributed by atoms with E-state index in [9.17, 15) is 0 Å². The summed E-state index contributed by atoms with van der Waals surface area (Å²) in [7, 11) is 0. The van der Waals surface area contributed by atoms with Crippen molar-refractivity contribution < 1.29 is 5.11 Å². The van der Waals surface area contributed by atoms with Gasteiger partial charge in [-0.3, -0.25) is 4.90 Å². The molecule has 1 aliphatic rings. The van der Waals surface area contributed by atoms with Gasteiger partial charge in [-0.2, -0.15) is 0 Å². The SMILES string of the molecule is Nc1ccc(CN(CCO)C2CC2)cc1. The Labute approximate surface area is 90.5 Å². The number of nitrogens with two attached hydrogens (primary N) is 1. The highest BCUT2D eigenvalue weighted by atomic mass is 16.3. The number of nitrogens with zero attached hydrogens (tertiary/aromatic N) is 1. The fourth-order valence-electron chi connectivity index (χ4n) is 1.82. The molecule has 0 aromatic heterocycles. The van der Waals surface area contributed by atoms with Crippen LogP contribution in [0, 0.1) is 0 Å². The molecule has 82 valence electrons. The van der Waals surface area contributed by atoms with E-state index < -0.39 is 0 Å². The first-order valence-corrected chi connectivity index (χ1v) is 5.49. The molecule has 0 bridgehead atoms. The van der Waals surface area contributed by atoms with Crippen LogP contribution in [0.3, 0.4) is 0 Å². The first kappa shape index (κ1) is 10.5. The molecule has 1 aliphatic carbocycles. The number of nitrogen functional groups attached to an aromatic ring is 1. The molecule has 3 nitrogen and oxygen atoms in total. The summed E-state index contributed by atoms with van der Waals surface area (Å²) in [6.45, 7) is 1.94. The average Bonchev–Trinajstić information content (AvgIpc) is 3.04. The zero-order valence-corrected chi connectivity index (χ0v) is 8.89. The second kappa shape index (κ2) is 4.64. The Morgan fingerprint density at radius 2 is 1.93 bits per heavy atom. The minimum Gasteiger partial charge on any atom is -0.399 e. The Bertz CT molecular complexity index is 306. The maximum absolute atomic E-state index is 8.97. The second-order valence-electron chi connectivity index (χ2n) is 4.17. The summed E-state index contributed by atoms with van der Waals surface area (Å²) in [5, 5.41) is 8.97. The number of benzene rings is 1. The fraction of sp³-hybridized carbons (Fsp3) is 0.500. The van der Waals surface area contributed by atoms with Crippen molar-refractivity contribution in [2.24, 2.45) is 0 Å². The van der Waals surface area contributed by atoms with Gasteiger partial charge in [0.15, 0.2) is 0 Å². The van der Waals surface area contributed by atoms with Crippen LogP contribution in [0.2, 0.25) is 0 Å². The third kappa shape index (κ3) is 2.94. The molecule has 1 aromatic carbocycles. The van der Waals surface area contributed by atoms with Gasteiger partial charge in [0.05, 0.1) is 6.61 Å². The standard InChI is InChI=1S/C12H18N2O/c13-11-3-1-10(2-4-11)9-14(7-8-15)12-5-6-12/h1-4,12,15H,5-9,13H2. The zero-order chi connectivity index (χ0) is 10.7. The average molecular weight is 206 g/mol. The highest BCUT2D eigenvalue weighted by Gasteiger charge is 2.28. The van der Waals surface area contributed by atoms with Gasteiger partial charge in [-0.25, -0.2) is 0 Å². The summed E-state index contributed by atoms with van der Waals surface area (Å²) in [5.74, 6) is 0. The Hall–Kier alpha value is -1.06. The van der Waals surface area contributed by atoms with Gasteiger partial charge < -0.3 is 10.8 Å². The number of hydrogen-bond acceptors (Lipinski definition) is 3. The smallest absolute Gasteiger partial charge is 0.0558 e. The molecule has 0 unspecified atom stereocenters. The number of hydrogen-bond donors (Lipinski definition) is 2. The molecule has 1 fully saturated rings. The van der Waals surface area contributed by atoms with E-state index >= 15 is 0 Å². The van der Waals surface area contributed by atoms with Crippen LogP contribution in [-0.2, 0) is 6.54 Å². The normalized spacial score (nSPS) is 15.9. The van der Waals surface area contributed by atoms with E-state index in [4.69, 9.17) is 10.8 Å². The van der Waals surface area contributed by atoms with Gasteiger partial charge in [0, 0.05) is 24.8 Å². The molecule has 0 atom stereocenters. The van der Waals surface area contributed by atoms with Crippen molar-refractivity contribution in [3.63, 3.8) is 0 Å². The lowest BCUT2D eigenvalue weighted by atomic mass is 10.2. The van der Waals surface area contributed by atoms with E-state index in [-0.39, 0.29) is 6.61 Å². The summed E-state index contributed by atoms with van der Waals surface area (Å²) in [6, 6.07) is 8.66. The van der Waals surface area contributed by atoms with Crippen molar-refractivity contribution in [1.82, 2.24) is 4.90 Å². The molecule has 3 N–H and O–H groups in total. The van der Waals surface area contributed by atoms with Gasteiger partial charge in [-0.15, -0.1) is 0 Å². The first-order valence-electron chi connectivity index (χ1n) is 5.49. The lowest BCUT2D eigenvalue weighted by molar-refractivity contribution is 0.183. The summed E-state index contributed by atoms with van der Waals surface area (Å²) in [5.41, 5.74) is 7.71. The van der Waals surface area contributed by atoms with E-state index in [2.05, 4.69) is 17.0 Å². The van der Waals surface area contributed by atoms with Gasteiger partial charge in [0.2, 0.25) is 0 Å². The second-order valence-corrected chi connectivity index (χ2v) is 4.17. The molecule has 1 aromatic rings. The molecular weight excluding hydrogens is 188 g/mol. The summed E-state index contributed by atoms with van der Waals surface area (Å²) < 4.78 is 0. The molecule has 1 saturated carbocycles. The monoisotopic (exact) mass is 206 g/mol. The van der Waals surface area contributed by atoms with Gasteiger partial charge >= 0.3 is 0 Å². The highest BCUT2D eigenvalue weighted by Crippen LogP contribution is 2.27. The quantitative estimate of drug-likeness (QED) is 0.712. The molecule has 15 heavy (non-hydrogen) atoms. The maximum Gasteiger partial charge on any atom is 0.0558 e. The first-order chi connectivity index (χ1) is 7.29. The maximum atomic E-state index is 8.97. The van der Waals surface area contributed by atoms with Crippen LogP contribution in [0.5, 0.6) is 0 Å². The van der Waals surface area contributed by atoms with Crippen molar-refractivity contribution in [3.05, 3.63) is 29.8 Å². The minimum absolute atomic E-state index is 0.242. The van der Waals surface area contributed by atoms with Gasteiger partial charge in [0.1, 0.15) is 0 Å². The van der Waals surface area contributed by atoms with Crippen molar-refractivity contribution in [2.45, 2.75) is 25.4 Å². The van der Waals surface area contributed by atoms with E-state index in [0.29, 0.717) is 6.04 Å². The van der Waals surface area contributed by atoms with Crippen molar-refractivity contribution in [2.75, 3.05) is 18.9 Å². The van der Waals surface area contributed by atoms with Crippen molar-refractivity contribution >= 4 is 5.69 Å². The number of rotatable bonds is 5. The molecule has 0 radical (unpaired) electrons. The summed E-state index contributed by atoms with van der Waals surface area (Å²) >= 11 is 0. The number of anilines is 1. The van der Waals surface area contributed by atoms with Crippen LogP contribution in [0.15, 0.2) is 24.3 Å². The topological polar surface area (TPSA) is 49.5 Å². The lowest BCUT2D eigenvalue weighted by Crippen LogP contribution is -2.28. The Balaban J connectivity index is 1.95. The molecule has 3 heteroatoms. The summed E-state index contributed by atoms with van der Waals surface area (Å²) in [6.07, 6.45) is 2.55. The molecule has 0 spiro atoms. The third-order valence-corrected chi connectivity index (χ3v) is 2.82. The Morgan fingerprint density at radius 1 is 1.27 bits per heavy atom. The Kier molecular flexibility index (Phi) is 3.23. The molecular formula is C12H18N2O. The zero-order valence-electron chi connectivity index (χ0n) is 8.89.